The molecule has 11 nitrogen and oxygen atoms in total. The van der Waals surface area contributed by atoms with E-state index in [-0.39, 0.29) is 25.9 Å². The average Bonchev–Trinajstić information content (AvgIpc) is 3.37. The first kappa shape index (κ1) is 68.9. The molecule has 0 spiro atoms. The van der Waals surface area contributed by atoms with Gasteiger partial charge in [0.1, 0.15) is 12.7 Å². The summed E-state index contributed by atoms with van der Waals surface area (Å²) in [5.74, 6) is -1.50. The number of carbonyl (C=O) groups excluding carboxylic acids is 3. The second kappa shape index (κ2) is 54.2. The first-order chi connectivity index (χ1) is 35.2. The van der Waals surface area contributed by atoms with E-state index in [1.165, 1.54) is 57.8 Å². The van der Waals surface area contributed by atoms with E-state index in [1.807, 2.05) is 0 Å². The predicted octanol–water partition coefficient (Wildman–Crippen LogP) is 16.9. The molecule has 72 heavy (non-hydrogen) atoms. The molecule has 416 valence electrons. The van der Waals surface area contributed by atoms with Gasteiger partial charge in [0.2, 0.25) is 0 Å². The van der Waals surface area contributed by atoms with Gasteiger partial charge in [-0.2, -0.15) is 0 Å². The van der Waals surface area contributed by atoms with Crippen molar-refractivity contribution in [2.45, 2.75) is 264 Å². The van der Waals surface area contributed by atoms with E-state index < -0.39 is 57.8 Å². The Kier molecular flexibility index (Phi) is 51.9. The number of rotatable bonds is 53. The highest BCUT2D eigenvalue weighted by Gasteiger charge is 2.28. The second-order valence-electron chi connectivity index (χ2n) is 19.1. The molecule has 0 amide bonds. The number of esters is 3. The number of hydrogen-bond donors (Lipinski definition) is 2. The highest BCUT2D eigenvalue weighted by molar-refractivity contribution is 7.47. The molecule has 0 saturated heterocycles. The van der Waals surface area contributed by atoms with Gasteiger partial charge in [0, 0.05) is 19.3 Å². The van der Waals surface area contributed by atoms with E-state index in [2.05, 4.69) is 93.7 Å². The van der Waals surface area contributed by atoms with Crippen LogP contribution >= 0.6 is 7.82 Å². The summed E-state index contributed by atoms with van der Waals surface area (Å²) in [5.41, 5.74) is 0. The van der Waals surface area contributed by atoms with Gasteiger partial charge < -0.3 is 24.2 Å². The lowest BCUT2D eigenvalue weighted by Crippen LogP contribution is -2.30. The topological polar surface area (TPSA) is 155 Å². The van der Waals surface area contributed by atoms with Crippen molar-refractivity contribution in [1.82, 2.24) is 0 Å². The number of allylic oxidation sites excluding steroid dienone is 12. The molecule has 0 aliphatic rings. The Morgan fingerprint density at radius 3 is 1.15 bits per heavy atom. The maximum absolute atomic E-state index is 12.9. The lowest BCUT2D eigenvalue weighted by molar-refractivity contribution is -0.161. The zero-order valence-electron chi connectivity index (χ0n) is 45.9. The smallest absolute Gasteiger partial charge is 0.462 e. The van der Waals surface area contributed by atoms with Crippen LogP contribution in [0.5, 0.6) is 0 Å². The average molecular weight is 1030 g/mol. The zero-order valence-corrected chi connectivity index (χ0v) is 46.8. The zero-order chi connectivity index (χ0) is 52.7. The van der Waals surface area contributed by atoms with Crippen molar-refractivity contribution in [1.29, 1.82) is 0 Å². The van der Waals surface area contributed by atoms with Crippen LogP contribution in [0.1, 0.15) is 252 Å². The maximum Gasteiger partial charge on any atom is 0.472 e. The van der Waals surface area contributed by atoms with Crippen LogP contribution in [0.2, 0.25) is 0 Å². The molecule has 0 aromatic carbocycles. The van der Waals surface area contributed by atoms with E-state index >= 15 is 0 Å². The molecule has 0 radical (unpaired) electrons. The quantitative estimate of drug-likeness (QED) is 0.0197. The van der Waals surface area contributed by atoms with Crippen LogP contribution in [0.25, 0.3) is 0 Å². The van der Waals surface area contributed by atoms with E-state index in [9.17, 15) is 28.9 Å². The Bertz CT molecular complexity index is 1490. The van der Waals surface area contributed by atoms with Crippen molar-refractivity contribution in [3.63, 3.8) is 0 Å². The van der Waals surface area contributed by atoms with Crippen molar-refractivity contribution >= 4 is 25.7 Å². The van der Waals surface area contributed by atoms with Gasteiger partial charge in [0.25, 0.3) is 0 Å². The Morgan fingerprint density at radius 1 is 0.403 bits per heavy atom. The SMILES string of the molecule is CC/C=C\C/C=C\C/C=C\CCCCCCCCCC(=O)OCC(COP(=O)(O)OCC(CO)OC(=O)CCCCCCC/C=C\CCCCCC)OC(=O)CCCCCCC/C=C\C/C=C\CCCCC. The summed E-state index contributed by atoms with van der Waals surface area (Å²) in [6.07, 6.45) is 60.0. The van der Waals surface area contributed by atoms with E-state index in [1.54, 1.807) is 0 Å². The van der Waals surface area contributed by atoms with Crippen molar-refractivity contribution in [3.05, 3.63) is 72.9 Å². The van der Waals surface area contributed by atoms with Crippen LogP contribution in [-0.4, -0.2) is 66.5 Å². The largest absolute Gasteiger partial charge is 0.472 e. The van der Waals surface area contributed by atoms with Gasteiger partial charge >= 0.3 is 25.7 Å². The van der Waals surface area contributed by atoms with E-state index in [4.69, 9.17) is 23.3 Å². The number of aliphatic hydroxyl groups excluding tert-OH is 1. The standard InChI is InChI=1S/C60H105O11P/c1-4-7-10-13-16-19-22-25-27-28-30-32-34-37-40-43-46-49-58(62)67-53-57(71-60(64)51-48-45-42-39-36-33-29-26-23-20-17-14-11-8-5-2)55-69-72(65,66)68-54-56(52-61)70-59(63)50-47-44-41-38-35-31-24-21-18-15-12-9-6-3/h7,10,16-17,19-21,24-27,29,56-57,61H,4-6,8-9,11-15,18,22-23,28,30-55H2,1-3H3,(H,65,66)/b10-7-,19-16-,20-17-,24-21-,27-25-,29-26-. The van der Waals surface area contributed by atoms with Crippen LogP contribution in [0, 0.1) is 0 Å². The minimum absolute atomic E-state index is 0.147. The predicted molar refractivity (Wildman–Crippen MR) is 298 cm³/mol. The van der Waals surface area contributed by atoms with Crippen molar-refractivity contribution in [2.24, 2.45) is 0 Å². The summed E-state index contributed by atoms with van der Waals surface area (Å²) in [7, 11) is -4.76. The highest BCUT2D eigenvalue weighted by atomic mass is 31.2. The summed E-state index contributed by atoms with van der Waals surface area (Å²) in [4.78, 5) is 48.5. The second-order valence-corrected chi connectivity index (χ2v) is 20.5. The summed E-state index contributed by atoms with van der Waals surface area (Å²) < 4.78 is 39.5. The van der Waals surface area contributed by atoms with Crippen LogP contribution in [0.15, 0.2) is 72.9 Å². The molecule has 0 rings (SSSR count). The monoisotopic (exact) mass is 1030 g/mol. The summed E-state index contributed by atoms with van der Waals surface area (Å²) in [6, 6.07) is 0. The molecule has 0 bridgehead atoms. The fourth-order valence-corrected chi connectivity index (χ4v) is 8.47. The number of aliphatic hydroxyl groups is 1. The molecule has 0 aromatic rings. The number of phosphoric acid groups is 1. The Morgan fingerprint density at radius 2 is 0.722 bits per heavy atom. The van der Waals surface area contributed by atoms with E-state index in [0.717, 1.165) is 135 Å². The minimum atomic E-state index is -4.76. The third-order valence-corrected chi connectivity index (χ3v) is 13.0. The molecular weight excluding hydrogens is 928 g/mol. The molecule has 3 atom stereocenters. The minimum Gasteiger partial charge on any atom is -0.462 e. The van der Waals surface area contributed by atoms with Gasteiger partial charge in [0.15, 0.2) is 6.10 Å². The third kappa shape index (κ3) is 51.8. The normalized spacial score (nSPS) is 13.9. The fraction of sp³-hybridized carbons (Fsp3) is 0.750. The number of unbranched alkanes of at least 4 members (excludes halogenated alkanes) is 24. The van der Waals surface area contributed by atoms with Crippen LogP contribution in [0.3, 0.4) is 0 Å². The van der Waals surface area contributed by atoms with Gasteiger partial charge in [-0.3, -0.25) is 23.4 Å². The van der Waals surface area contributed by atoms with Crippen molar-refractivity contribution < 1.29 is 52.2 Å². The van der Waals surface area contributed by atoms with Crippen LogP contribution in [0.4, 0.5) is 0 Å². The molecule has 0 aliphatic carbocycles. The molecule has 0 aliphatic heterocycles. The van der Waals surface area contributed by atoms with Crippen molar-refractivity contribution in [3.8, 4) is 0 Å². The number of ether oxygens (including phenoxy) is 3. The van der Waals surface area contributed by atoms with Gasteiger partial charge in [-0.25, -0.2) is 4.57 Å². The van der Waals surface area contributed by atoms with Gasteiger partial charge in [-0.15, -0.1) is 0 Å². The first-order valence-corrected chi connectivity index (χ1v) is 30.3. The first-order valence-electron chi connectivity index (χ1n) is 28.8. The molecule has 0 aromatic heterocycles. The highest BCUT2D eigenvalue weighted by Crippen LogP contribution is 2.43. The fourth-order valence-electron chi connectivity index (χ4n) is 7.69. The molecule has 0 saturated carbocycles. The Hall–Kier alpha value is -3.08. The number of carbonyl (C=O) groups is 3. The van der Waals surface area contributed by atoms with E-state index in [0.29, 0.717) is 19.3 Å². The molecule has 3 unspecified atom stereocenters. The molecule has 12 heteroatoms. The van der Waals surface area contributed by atoms with Gasteiger partial charge in [-0.05, 0) is 109 Å². The van der Waals surface area contributed by atoms with Crippen molar-refractivity contribution in [2.75, 3.05) is 26.4 Å². The molecule has 0 fully saturated rings. The third-order valence-electron chi connectivity index (χ3n) is 12.1. The number of hydrogen-bond acceptors (Lipinski definition) is 10. The van der Waals surface area contributed by atoms with Crippen LogP contribution in [-0.2, 0) is 42.2 Å². The number of phosphoric ester groups is 1. The Labute approximate surface area is 439 Å². The lowest BCUT2D eigenvalue weighted by atomic mass is 10.1. The van der Waals surface area contributed by atoms with Gasteiger partial charge in [0.05, 0.1) is 19.8 Å². The maximum atomic E-state index is 12.9. The molecule has 2 N–H and O–H groups in total. The lowest BCUT2D eigenvalue weighted by Gasteiger charge is -2.21. The summed E-state index contributed by atoms with van der Waals surface area (Å²) >= 11 is 0. The summed E-state index contributed by atoms with van der Waals surface area (Å²) in [6.45, 7) is 4.46. The molecular formula is C60H105O11P. The Balaban J connectivity index is 4.76. The van der Waals surface area contributed by atoms with Crippen LogP contribution < -0.4 is 0 Å². The summed E-state index contributed by atoms with van der Waals surface area (Å²) in [5, 5.41) is 9.80. The molecule has 0 heterocycles. The van der Waals surface area contributed by atoms with Gasteiger partial charge in [-0.1, -0.05) is 196 Å².